The van der Waals surface area contributed by atoms with Gasteiger partial charge in [-0.2, -0.15) is 52.7 Å². The molecule has 0 radical (unpaired) electrons. The van der Waals surface area contributed by atoms with E-state index in [-0.39, 0.29) is 12.1 Å². The lowest BCUT2D eigenvalue weighted by atomic mass is 9.78. The van der Waals surface area contributed by atoms with E-state index in [1.165, 1.54) is 6.07 Å². The van der Waals surface area contributed by atoms with Gasteiger partial charge in [0.05, 0.1) is 27.9 Å². The molecule has 0 saturated carbocycles. The number of carbonyl (C=O) groups is 1. The van der Waals surface area contributed by atoms with E-state index in [0.717, 1.165) is 42.6 Å². The number of ether oxygens (including phenoxy) is 1. The van der Waals surface area contributed by atoms with Crippen molar-refractivity contribution in [1.82, 2.24) is 15.0 Å². The number of esters is 1. The molecule has 0 bridgehead atoms. The lowest BCUT2D eigenvalue weighted by molar-refractivity contribution is -0.151. The van der Waals surface area contributed by atoms with Crippen molar-refractivity contribution in [3.8, 4) is 0 Å². The third kappa shape index (κ3) is 6.01. The highest BCUT2D eigenvalue weighted by Gasteiger charge is 2.49. The van der Waals surface area contributed by atoms with Gasteiger partial charge < -0.3 is 4.74 Å². The molecule has 5 rings (SSSR count). The molecule has 0 aliphatic carbocycles. The summed E-state index contributed by atoms with van der Waals surface area (Å²) in [6.45, 7) is 0.683. The van der Waals surface area contributed by atoms with Crippen LogP contribution in [0.2, 0.25) is 0 Å². The van der Waals surface area contributed by atoms with Crippen LogP contribution < -0.4 is 0 Å². The maximum atomic E-state index is 14.3. The van der Waals surface area contributed by atoms with Crippen molar-refractivity contribution >= 4 is 27.8 Å². The van der Waals surface area contributed by atoms with Crippen molar-refractivity contribution in [2.45, 2.75) is 37.2 Å². The topological polar surface area (TPSA) is 65.0 Å². The predicted molar refractivity (Wildman–Crippen MR) is 139 cm³/mol. The molecule has 3 aromatic heterocycles. The molecule has 0 aliphatic rings. The Labute approximate surface area is 254 Å². The van der Waals surface area contributed by atoms with Gasteiger partial charge in [-0.25, -0.2) is 9.97 Å². The normalized spacial score (nSPS) is 13.3. The van der Waals surface area contributed by atoms with Crippen molar-refractivity contribution in [3.05, 3.63) is 112 Å². The third-order valence-corrected chi connectivity index (χ3v) is 6.95. The molecule has 0 fully saturated rings. The zero-order valence-electron chi connectivity index (χ0n) is 23.1. The van der Waals surface area contributed by atoms with Gasteiger partial charge in [-0.15, -0.1) is 0 Å². The van der Waals surface area contributed by atoms with Crippen molar-refractivity contribution < 1.29 is 62.2 Å². The molecule has 0 N–H and O–H groups in total. The zero-order valence-corrected chi connectivity index (χ0v) is 23.1. The highest BCUT2D eigenvalue weighted by Crippen LogP contribution is 2.50. The standard InChI is InChI=1S/C30H15F12N3O2/c1-14(46)47-26(21-10-2-3-11-43-21,19-12-22(29(37,38)39)44-24-15(19)6-4-8-17(24)27(31,32)33)20-13-23(30(40,41)42)45-25-16(20)7-5-9-18(25)28(34,35)36/h2-13H,1H3. The number of hydrogen-bond donors (Lipinski definition) is 0. The minimum Gasteiger partial charge on any atom is -0.443 e. The SMILES string of the molecule is CC(=O)OC(c1ccccn1)(c1cc(C(F)(F)F)nc2c(C(F)(F)F)cccc12)c1cc(C(F)(F)F)nc2c(C(F)(F)F)cccc12. The summed E-state index contributed by atoms with van der Waals surface area (Å²) in [6.07, 6.45) is -20.7. The molecular formula is C30H15F12N3O2. The zero-order chi connectivity index (χ0) is 34.7. The van der Waals surface area contributed by atoms with E-state index < -0.39 is 97.4 Å². The molecule has 5 nitrogen and oxygen atoms in total. The summed E-state index contributed by atoms with van der Waals surface area (Å²) in [7, 11) is 0. The number of alkyl halides is 12. The smallest absolute Gasteiger partial charge is 0.433 e. The lowest BCUT2D eigenvalue weighted by Gasteiger charge is -2.36. The Balaban J connectivity index is 2.15. The average Bonchev–Trinajstić information content (AvgIpc) is 2.96. The summed E-state index contributed by atoms with van der Waals surface area (Å²) in [5, 5.41) is -1.60. The molecule has 5 aromatic rings. The van der Waals surface area contributed by atoms with E-state index in [4.69, 9.17) is 4.74 Å². The van der Waals surface area contributed by atoms with E-state index in [1.807, 2.05) is 0 Å². The van der Waals surface area contributed by atoms with Crippen LogP contribution in [0.4, 0.5) is 52.7 Å². The minimum atomic E-state index is -5.49. The fourth-order valence-corrected chi connectivity index (χ4v) is 5.20. The summed E-state index contributed by atoms with van der Waals surface area (Å²) in [6, 6.07) is 7.63. The molecule has 17 heteroatoms. The first-order valence-electron chi connectivity index (χ1n) is 12.9. The van der Waals surface area contributed by atoms with Gasteiger partial charge in [0.15, 0.2) is 0 Å². The van der Waals surface area contributed by atoms with Gasteiger partial charge in [0.25, 0.3) is 0 Å². The molecule has 0 spiro atoms. The third-order valence-electron chi connectivity index (χ3n) is 6.95. The monoisotopic (exact) mass is 677 g/mol. The molecule has 0 aliphatic heterocycles. The maximum Gasteiger partial charge on any atom is 0.433 e. The van der Waals surface area contributed by atoms with E-state index in [0.29, 0.717) is 19.1 Å². The van der Waals surface area contributed by atoms with Crippen molar-refractivity contribution in [1.29, 1.82) is 0 Å². The van der Waals surface area contributed by atoms with Gasteiger partial charge >= 0.3 is 30.7 Å². The van der Waals surface area contributed by atoms with Gasteiger partial charge in [0.1, 0.15) is 11.4 Å². The Morgan fingerprint density at radius 3 is 1.34 bits per heavy atom. The van der Waals surface area contributed by atoms with Gasteiger partial charge in [-0.1, -0.05) is 30.3 Å². The van der Waals surface area contributed by atoms with E-state index >= 15 is 0 Å². The van der Waals surface area contributed by atoms with Crippen LogP contribution in [0, 0.1) is 0 Å². The molecule has 47 heavy (non-hydrogen) atoms. The van der Waals surface area contributed by atoms with Crippen LogP contribution in [-0.4, -0.2) is 20.9 Å². The Bertz CT molecular complexity index is 1890. The van der Waals surface area contributed by atoms with E-state index in [1.54, 1.807) is 0 Å². The van der Waals surface area contributed by atoms with Crippen molar-refractivity contribution in [2.75, 3.05) is 0 Å². The number of fused-ring (bicyclic) bond motifs is 2. The predicted octanol–water partition coefficient (Wildman–Crippen LogP) is 9.11. The largest absolute Gasteiger partial charge is 0.443 e. The maximum absolute atomic E-state index is 14.3. The molecule has 2 aromatic carbocycles. The Hall–Kier alpha value is -4.96. The van der Waals surface area contributed by atoms with Crippen LogP contribution in [0.1, 0.15) is 46.3 Å². The Kier molecular flexibility index (Phi) is 7.88. The summed E-state index contributed by atoms with van der Waals surface area (Å²) < 4.78 is 176. The van der Waals surface area contributed by atoms with Gasteiger partial charge in [0, 0.05) is 35.0 Å². The molecule has 0 saturated heterocycles. The summed E-state index contributed by atoms with van der Waals surface area (Å²) >= 11 is 0. The van der Waals surface area contributed by atoms with E-state index in [9.17, 15) is 57.5 Å². The van der Waals surface area contributed by atoms with Crippen LogP contribution in [0.5, 0.6) is 0 Å². The summed E-state index contributed by atoms with van der Waals surface area (Å²) in [5.74, 6) is -1.41. The first kappa shape index (κ1) is 33.4. The Morgan fingerprint density at radius 1 is 0.553 bits per heavy atom. The second kappa shape index (κ2) is 11.1. The highest BCUT2D eigenvalue weighted by molar-refractivity contribution is 5.92. The lowest BCUT2D eigenvalue weighted by Crippen LogP contribution is -2.37. The Morgan fingerprint density at radius 2 is 1.00 bits per heavy atom. The number of carbonyl (C=O) groups excluding carboxylic acids is 1. The van der Waals surface area contributed by atoms with Crippen LogP contribution in [0.15, 0.2) is 72.9 Å². The molecule has 3 heterocycles. The highest BCUT2D eigenvalue weighted by atomic mass is 19.4. The first-order valence-corrected chi connectivity index (χ1v) is 12.9. The first-order chi connectivity index (χ1) is 21.7. The van der Waals surface area contributed by atoms with E-state index in [2.05, 4.69) is 15.0 Å². The number of para-hydroxylation sites is 2. The molecular weight excluding hydrogens is 662 g/mol. The van der Waals surface area contributed by atoms with Crippen molar-refractivity contribution in [2.24, 2.45) is 0 Å². The van der Waals surface area contributed by atoms with Crippen molar-refractivity contribution in [3.63, 3.8) is 0 Å². The fourth-order valence-electron chi connectivity index (χ4n) is 5.20. The number of nitrogens with zero attached hydrogens (tertiary/aromatic N) is 3. The van der Waals surface area contributed by atoms with Crippen LogP contribution >= 0.6 is 0 Å². The summed E-state index contributed by atoms with van der Waals surface area (Å²) in [4.78, 5) is 23.1. The van der Waals surface area contributed by atoms with Crippen LogP contribution in [0.25, 0.3) is 21.8 Å². The van der Waals surface area contributed by atoms with Gasteiger partial charge in [-0.05, 0) is 36.4 Å². The second-order valence-electron chi connectivity index (χ2n) is 9.99. The molecule has 0 amide bonds. The molecule has 0 atom stereocenters. The minimum absolute atomic E-state index is 0.146. The van der Waals surface area contributed by atoms with Gasteiger partial charge in [0.2, 0.25) is 5.60 Å². The number of rotatable bonds is 4. The fraction of sp³-hybridized carbons (Fsp3) is 0.200. The quantitative estimate of drug-likeness (QED) is 0.140. The van der Waals surface area contributed by atoms with Gasteiger partial charge in [-0.3, -0.25) is 9.78 Å². The average molecular weight is 677 g/mol. The molecule has 0 unspecified atom stereocenters. The number of hydrogen-bond acceptors (Lipinski definition) is 5. The molecule has 246 valence electrons. The van der Waals surface area contributed by atoms with Crippen LogP contribution in [-0.2, 0) is 39.8 Å². The number of aromatic nitrogens is 3. The number of benzene rings is 2. The van der Waals surface area contributed by atoms with Crippen LogP contribution in [0.3, 0.4) is 0 Å². The number of pyridine rings is 3. The summed E-state index contributed by atoms with van der Waals surface area (Å²) in [5.41, 5.74) is -16.0. The second-order valence-corrected chi connectivity index (χ2v) is 9.99. The number of halogens is 12.